The van der Waals surface area contributed by atoms with Crippen molar-refractivity contribution in [3.05, 3.63) is 58.9 Å². The molecule has 0 N–H and O–H groups in total. The molecule has 0 bridgehead atoms. The SMILES string of the molecule is Cc1c(F)c(-c2c(F)cc(S(=O)(=O)N3CC[C@H](F)C3)cc2F)nc2cc(C(=O)N3CC4(CN(C)C4)C3)ccc12. The number of hydrogen-bond donors (Lipinski definition) is 0. The number of benzene rings is 2. The fourth-order valence-corrected chi connectivity index (χ4v) is 7.58. The Bertz CT molecular complexity index is 1610. The third kappa shape index (κ3) is 4.20. The minimum Gasteiger partial charge on any atom is -0.337 e. The van der Waals surface area contributed by atoms with Crippen LogP contribution in [0.1, 0.15) is 22.3 Å². The monoisotopic (exact) mass is 562 g/mol. The first-order chi connectivity index (χ1) is 18.4. The number of amides is 1. The zero-order chi connectivity index (χ0) is 27.9. The molecule has 3 saturated heterocycles. The Morgan fingerprint density at radius 1 is 1.05 bits per heavy atom. The summed E-state index contributed by atoms with van der Waals surface area (Å²) in [5.41, 5.74) is -0.728. The van der Waals surface area contributed by atoms with Crippen LogP contribution in [0.4, 0.5) is 17.6 Å². The van der Waals surface area contributed by atoms with Gasteiger partial charge in [0, 0.05) is 55.6 Å². The van der Waals surface area contributed by atoms with Gasteiger partial charge in [-0.15, -0.1) is 0 Å². The van der Waals surface area contributed by atoms with Crippen molar-refractivity contribution in [3.63, 3.8) is 0 Å². The molecule has 39 heavy (non-hydrogen) atoms. The Hall–Kier alpha value is -3.09. The molecule has 1 aromatic heterocycles. The third-order valence-corrected chi connectivity index (χ3v) is 9.80. The molecule has 12 heteroatoms. The lowest BCUT2D eigenvalue weighted by Crippen LogP contribution is -2.72. The van der Waals surface area contributed by atoms with Gasteiger partial charge in [0.05, 0.1) is 16.0 Å². The summed E-state index contributed by atoms with van der Waals surface area (Å²) in [4.78, 5) is 20.5. The first-order valence-corrected chi connectivity index (χ1v) is 14.0. The lowest BCUT2D eigenvalue weighted by molar-refractivity contribution is -0.0871. The summed E-state index contributed by atoms with van der Waals surface area (Å²) >= 11 is 0. The summed E-state index contributed by atoms with van der Waals surface area (Å²) in [6, 6.07) is 5.80. The summed E-state index contributed by atoms with van der Waals surface area (Å²) < 4.78 is 85.8. The molecular formula is C27H26F4N4O3S. The molecule has 1 spiro atoms. The molecular weight excluding hydrogens is 536 g/mol. The van der Waals surface area contributed by atoms with Gasteiger partial charge in [0.15, 0.2) is 5.82 Å². The van der Waals surface area contributed by atoms with Crippen molar-refractivity contribution < 1.29 is 30.8 Å². The zero-order valence-corrected chi connectivity index (χ0v) is 22.2. The number of rotatable bonds is 4. The first-order valence-electron chi connectivity index (χ1n) is 12.6. The average Bonchev–Trinajstić information content (AvgIpc) is 3.29. The number of carbonyl (C=O) groups is 1. The van der Waals surface area contributed by atoms with E-state index in [1.807, 2.05) is 7.05 Å². The van der Waals surface area contributed by atoms with E-state index in [9.17, 15) is 17.6 Å². The number of sulfonamides is 1. The molecule has 3 aliphatic heterocycles. The molecule has 0 saturated carbocycles. The Balaban J connectivity index is 1.35. The van der Waals surface area contributed by atoms with Gasteiger partial charge < -0.3 is 9.80 Å². The fraction of sp³-hybridized carbons (Fsp3) is 0.407. The predicted octanol–water partition coefficient (Wildman–Crippen LogP) is 3.75. The maximum absolute atomic E-state index is 15.4. The molecule has 1 amide bonds. The number of aromatic nitrogens is 1. The lowest BCUT2D eigenvalue weighted by Gasteiger charge is -2.59. The van der Waals surface area contributed by atoms with Gasteiger partial charge >= 0.3 is 0 Å². The minimum absolute atomic E-state index is 0.00571. The van der Waals surface area contributed by atoms with Gasteiger partial charge in [0.25, 0.3) is 5.91 Å². The number of hydrogen-bond acceptors (Lipinski definition) is 5. The molecule has 3 aromatic rings. The number of halogens is 4. The zero-order valence-electron chi connectivity index (χ0n) is 21.3. The first kappa shape index (κ1) is 26.1. The van der Waals surface area contributed by atoms with Crippen molar-refractivity contribution in [1.82, 2.24) is 19.1 Å². The molecule has 2 aromatic carbocycles. The van der Waals surface area contributed by atoms with Crippen molar-refractivity contribution in [2.24, 2.45) is 5.41 Å². The number of pyridine rings is 1. The summed E-state index contributed by atoms with van der Waals surface area (Å²) in [7, 11) is -2.32. The molecule has 206 valence electrons. The van der Waals surface area contributed by atoms with E-state index >= 15 is 13.2 Å². The van der Waals surface area contributed by atoms with Crippen molar-refractivity contribution in [3.8, 4) is 11.3 Å². The van der Waals surface area contributed by atoms with Crippen molar-refractivity contribution in [1.29, 1.82) is 0 Å². The number of fused-ring (bicyclic) bond motifs is 1. The van der Waals surface area contributed by atoms with E-state index in [-0.39, 0.29) is 35.4 Å². The highest BCUT2D eigenvalue weighted by Crippen LogP contribution is 2.40. The maximum atomic E-state index is 15.4. The lowest BCUT2D eigenvalue weighted by atomic mass is 9.73. The van der Waals surface area contributed by atoms with Crippen LogP contribution in [0.15, 0.2) is 35.2 Å². The summed E-state index contributed by atoms with van der Waals surface area (Å²) in [6.07, 6.45) is -1.36. The van der Waals surface area contributed by atoms with Gasteiger partial charge in [-0.3, -0.25) is 4.79 Å². The van der Waals surface area contributed by atoms with Gasteiger partial charge in [-0.25, -0.2) is 31.0 Å². The molecule has 0 unspecified atom stereocenters. The summed E-state index contributed by atoms with van der Waals surface area (Å²) in [5, 5.41) is 0.378. The number of nitrogens with zero attached hydrogens (tertiary/aromatic N) is 4. The standard InChI is InChI=1S/C27H26F4N4O3S/c1-15-19-4-3-16(26(36)34-13-27(14-34)11-33(2)12-27)7-22(19)32-25(24(15)31)23-20(29)8-18(9-21(23)30)39(37,38)35-6-5-17(28)10-35/h3-4,7-9,17H,5-6,10-14H2,1-2H3/t17-/m0/s1. The molecule has 4 heterocycles. The van der Waals surface area contributed by atoms with Crippen molar-refractivity contribution in [2.75, 3.05) is 46.3 Å². The van der Waals surface area contributed by atoms with E-state index in [2.05, 4.69) is 9.88 Å². The van der Waals surface area contributed by atoms with Crippen LogP contribution >= 0.6 is 0 Å². The van der Waals surface area contributed by atoms with Crippen LogP contribution in [0, 0.1) is 29.8 Å². The van der Waals surface area contributed by atoms with Crippen LogP contribution < -0.4 is 0 Å². The largest absolute Gasteiger partial charge is 0.337 e. The Kier molecular flexibility index (Phi) is 6.01. The van der Waals surface area contributed by atoms with E-state index in [1.165, 1.54) is 13.0 Å². The predicted molar refractivity (Wildman–Crippen MR) is 136 cm³/mol. The van der Waals surface area contributed by atoms with Crippen LogP contribution in [0.5, 0.6) is 0 Å². The third-order valence-electron chi connectivity index (χ3n) is 7.95. The summed E-state index contributed by atoms with van der Waals surface area (Å²) in [6.45, 7) is 4.09. The van der Waals surface area contributed by atoms with Gasteiger partial charge in [0.2, 0.25) is 10.0 Å². The molecule has 7 nitrogen and oxygen atoms in total. The van der Waals surface area contributed by atoms with Crippen LogP contribution in [-0.2, 0) is 10.0 Å². The second kappa shape index (κ2) is 8.97. The normalized spacial score (nSPS) is 21.4. The number of alkyl halides is 1. The molecule has 6 rings (SSSR count). The minimum atomic E-state index is -4.34. The molecule has 3 fully saturated rings. The topological polar surface area (TPSA) is 73.8 Å². The second-order valence-electron chi connectivity index (χ2n) is 11.0. The highest BCUT2D eigenvalue weighted by Gasteiger charge is 2.51. The van der Waals surface area contributed by atoms with Crippen LogP contribution in [-0.4, -0.2) is 85.9 Å². The van der Waals surface area contributed by atoms with Gasteiger partial charge in [-0.1, -0.05) is 6.07 Å². The molecule has 1 atom stereocenters. The summed E-state index contributed by atoms with van der Waals surface area (Å²) in [5.74, 6) is -3.81. The highest BCUT2D eigenvalue weighted by atomic mass is 32.2. The van der Waals surface area contributed by atoms with E-state index in [0.717, 1.165) is 17.4 Å². The van der Waals surface area contributed by atoms with E-state index in [1.54, 1.807) is 17.0 Å². The second-order valence-corrected chi connectivity index (χ2v) is 12.9. The van der Waals surface area contributed by atoms with Gasteiger partial charge in [-0.05, 0) is 50.2 Å². The van der Waals surface area contributed by atoms with Crippen LogP contribution in [0.3, 0.4) is 0 Å². The number of carbonyl (C=O) groups excluding carboxylic acids is 1. The van der Waals surface area contributed by atoms with Crippen molar-refractivity contribution >= 4 is 26.8 Å². The van der Waals surface area contributed by atoms with E-state index in [0.29, 0.717) is 36.2 Å². The average molecular weight is 563 g/mol. The number of likely N-dealkylation sites (tertiary alicyclic amines) is 2. The molecule has 0 aliphatic carbocycles. The quantitative estimate of drug-likeness (QED) is 0.453. The Morgan fingerprint density at radius 2 is 1.72 bits per heavy atom. The van der Waals surface area contributed by atoms with Crippen LogP contribution in [0.2, 0.25) is 0 Å². The van der Waals surface area contributed by atoms with E-state index < -0.39 is 56.3 Å². The van der Waals surface area contributed by atoms with Crippen LogP contribution in [0.25, 0.3) is 22.2 Å². The molecule has 0 radical (unpaired) electrons. The Labute approximate surface area is 223 Å². The molecule has 3 aliphatic rings. The van der Waals surface area contributed by atoms with Gasteiger partial charge in [-0.2, -0.15) is 4.31 Å². The maximum Gasteiger partial charge on any atom is 0.253 e. The van der Waals surface area contributed by atoms with Crippen molar-refractivity contribution in [2.45, 2.75) is 24.4 Å². The smallest absolute Gasteiger partial charge is 0.253 e. The van der Waals surface area contributed by atoms with E-state index in [4.69, 9.17) is 0 Å². The highest BCUT2D eigenvalue weighted by molar-refractivity contribution is 7.89. The number of aryl methyl sites for hydroxylation is 1. The fourth-order valence-electron chi connectivity index (χ4n) is 6.07. The Morgan fingerprint density at radius 3 is 2.31 bits per heavy atom. The van der Waals surface area contributed by atoms with Gasteiger partial charge in [0.1, 0.15) is 23.5 Å².